The van der Waals surface area contributed by atoms with Crippen LogP contribution >= 0.6 is 0 Å². The summed E-state index contributed by atoms with van der Waals surface area (Å²) in [6.07, 6.45) is 6.69. The Morgan fingerprint density at radius 3 is 2.76 bits per heavy atom. The summed E-state index contributed by atoms with van der Waals surface area (Å²) in [7, 11) is 0. The maximum absolute atomic E-state index is 12.1. The van der Waals surface area contributed by atoms with Crippen LogP contribution in [0, 0.1) is 0 Å². The molecule has 0 unspecified atom stereocenters. The van der Waals surface area contributed by atoms with E-state index in [4.69, 9.17) is 19.4 Å². The molecule has 1 saturated carbocycles. The van der Waals surface area contributed by atoms with Gasteiger partial charge in [-0.05, 0) is 56.5 Å². The van der Waals surface area contributed by atoms with Crippen LogP contribution in [0.1, 0.15) is 26.2 Å². The number of rotatable bonds is 9. The molecule has 1 aliphatic carbocycles. The van der Waals surface area contributed by atoms with Crippen LogP contribution in [0.3, 0.4) is 0 Å². The molecule has 174 valence electrons. The van der Waals surface area contributed by atoms with Gasteiger partial charge in [0, 0.05) is 23.2 Å². The van der Waals surface area contributed by atoms with Gasteiger partial charge < -0.3 is 20.1 Å². The molecule has 0 bridgehead atoms. The lowest BCUT2D eigenvalue weighted by atomic mass is 9.93. The number of aromatic amines is 1. The minimum atomic E-state index is -0.103. The third kappa shape index (κ3) is 4.93. The molecule has 0 atom stereocenters. The summed E-state index contributed by atoms with van der Waals surface area (Å²) in [5.74, 6) is 2.40. The van der Waals surface area contributed by atoms with E-state index >= 15 is 0 Å². The molecule has 9 nitrogen and oxygen atoms in total. The van der Waals surface area contributed by atoms with Crippen LogP contribution in [0.2, 0.25) is 0 Å². The lowest BCUT2D eigenvalue weighted by molar-refractivity contribution is -0.124. The molecule has 1 amide bonds. The lowest BCUT2D eigenvalue weighted by Gasteiger charge is -2.26. The van der Waals surface area contributed by atoms with E-state index in [2.05, 4.69) is 20.8 Å². The van der Waals surface area contributed by atoms with E-state index in [0.29, 0.717) is 24.0 Å². The molecule has 2 heterocycles. The average molecular weight is 459 g/mol. The van der Waals surface area contributed by atoms with Crippen molar-refractivity contribution >= 4 is 28.3 Å². The first-order valence-corrected chi connectivity index (χ1v) is 11.4. The zero-order chi connectivity index (χ0) is 23.3. The monoisotopic (exact) mass is 458 g/mol. The van der Waals surface area contributed by atoms with Crippen LogP contribution in [0.15, 0.2) is 54.9 Å². The van der Waals surface area contributed by atoms with E-state index in [1.807, 2.05) is 49.4 Å². The van der Waals surface area contributed by atoms with Gasteiger partial charge >= 0.3 is 0 Å². The van der Waals surface area contributed by atoms with Gasteiger partial charge in [-0.25, -0.2) is 9.97 Å². The summed E-state index contributed by atoms with van der Waals surface area (Å²) >= 11 is 0. The van der Waals surface area contributed by atoms with Crippen LogP contribution in [0.25, 0.3) is 22.3 Å². The number of ether oxygens (including phenoxy) is 2. The van der Waals surface area contributed by atoms with E-state index in [-0.39, 0.29) is 18.6 Å². The SMILES string of the molecule is CCOc1ccc2nc(-c3cccc(OCC(=O)NC4CCC4)c3)nc(Nc3cn[nH]c3)c2c1. The van der Waals surface area contributed by atoms with Gasteiger partial charge in [-0.3, -0.25) is 9.89 Å². The highest BCUT2D eigenvalue weighted by molar-refractivity contribution is 5.93. The Morgan fingerprint density at radius 2 is 2.00 bits per heavy atom. The molecular weight excluding hydrogens is 432 g/mol. The number of hydrogen-bond donors (Lipinski definition) is 3. The standard InChI is InChI=1S/C25H26N6O3/c1-2-33-20-9-10-22-21(12-20)25(29-18-13-26-27-14-18)31-24(30-22)16-5-3-8-19(11-16)34-15-23(32)28-17-6-4-7-17/h3,5,8-14,17H,2,4,6-7,15H2,1H3,(H,26,27)(H,28,32)(H,29,30,31). The fraction of sp³-hybridized carbons (Fsp3) is 0.280. The van der Waals surface area contributed by atoms with Crippen molar-refractivity contribution in [3.63, 3.8) is 0 Å². The highest BCUT2D eigenvalue weighted by atomic mass is 16.5. The largest absolute Gasteiger partial charge is 0.494 e. The fourth-order valence-corrected chi connectivity index (χ4v) is 3.74. The van der Waals surface area contributed by atoms with E-state index in [1.165, 1.54) is 6.42 Å². The molecule has 1 fully saturated rings. The topological polar surface area (TPSA) is 114 Å². The van der Waals surface area contributed by atoms with Crippen molar-refractivity contribution in [2.45, 2.75) is 32.2 Å². The van der Waals surface area contributed by atoms with Gasteiger partial charge in [0.05, 0.1) is 24.0 Å². The smallest absolute Gasteiger partial charge is 0.258 e. The van der Waals surface area contributed by atoms with E-state index < -0.39 is 0 Å². The van der Waals surface area contributed by atoms with Gasteiger partial charge in [0.25, 0.3) is 5.91 Å². The Kier molecular flexibility index (Phi) is 6.24. The zero-order valence-corrected chi connectivity index (χ0v) is 18.9. The number of fused-ring (bicyclic) bond motifs is 1. The summed E-state index contributed by atoms with van der Waals surface area (Å²) in [5, 5.41) is 13.9. The molecule has 9 heteroatoms. The first-order valence-electron chi connectivity index (χ1n) is 11.4. The molecule has 5 rings (SSSR count). The van der Waals surface area contributed by atoms with Gasteiger partial charge in [0.2, 0.25) is 0 Å². The van der Waals surface area contributed by atoms with Crippen LogP contribution in [-0.2, 0) is 4.79 Å². The van der Waals surface area contributed by atoms with Crippen LogP contribution in [0.4, 0.5) is 11.5 Å². The molecule has 0 spiro atoms. The van der Waals surface area contributed by atoms with Crippen LogP contribution < -0.4 is 20.1 Å². The molecule has 2 aromatic heterocycles. The summed E-state index contributed by atoms with van der Waals surface area (Å²) < 4.78 is 11.4. The first-order chi connectivity index (χ1) is 16.7. The summed E-state index contributed by atoms with van der Waals surface area (Å²) in [5.41, 5.74) is 2.33. The number of carbonyl (C=O) groups excluding carboxylic acids is 1. The molecular formula is C25H26N6O3. The number of anilines is 2. The molecule has 0 radical (unpaired) electrons. The van der Waals surface area contributed by atoms with Crippen molar-refractivity contribution < 1.29 is 14.3 Å². The van der Waals surface area contributed by atoms with E-state index in [0.717, 1.165) is 40.7 Å². The van der Waals surface area contributed by atoms with Crippen molar-refractivity contribution in [3.8, 4) is 22.9 Å². The maximum Gasteiger partial charge on any atom is 0.258 e. The Bertz CT molecular complexity index is 1290. The molecule has 0 saturated heterocycles. The van der Waals surface area contributed by atoms with Crippen molar-refractivity contribution in [3.05, 3.63) is 54.9 Å². The Hall–Kier alpha value is -4.14. The first kappa shape index (κ1) is 21.7. The fourth-order valence-electron chi connectivity index (χ4n) is 3.74. The number of nitrogens with zero attached hydrogens (tertiary/aromatic N) is 3. The van der Waals surface area contributed by atoms with Gasteiger partial charge in [-0.15, -0.1) is 0 Å². The second kappa shape index (κ2) is 9.78. The van der Waals surface area contributed by atoms with Gasteiger partial charge in [-0.2, -0.15) is 5.10 Å². The van der Waals surface area contributed by atoms with E-state index in [1.54, 1.807) is 12.4 Å². The molecule has 34 heavy (non-hydrogen) atoms. The van der Waals surface area contributed by atoms with Crippen LogP contribution in [-0.4, -0.2) is 45.3 Å². The second-order valence-electron chi connectivity index (χ2n) is 8.13. The Morgan fingerprint density at radius 1 is 1.12 bits per heavy atom. The average Bonchev–Trinajstić information content (AvgIpc) is 3.34. The number of hydrogen-bond acceptors (Lipinski definition) is 7. The highest BCUT2D eigenvalue weighted by Crippen LogP contribution is 2.31. The number of aromatic nitrogens is 4. The maximum atomic E-state index is 12.1. The predicted octanol–water partition coefficient (Wildman–Crippen LogP) is 4.21. The number of amides is 1. The third-order valence-corrected chi connectivity index (χ3v) is 5.67. The molecule has 4 aromatic rings. The van der Waals surface area contributed by atoms with Gasteiger partial charge in [0.15, 0.2) is 12.4 Å². The number of nitrogens with one attached hydrogen (secondary N) is 3. The molecule has 3 N–H and O–H groups in total. The molecule has 0 aliphatic heterocycles. The predicted molar refractivity (Wildman–Crippen MR) is 129 cm³/mol. The lowest BCUT2D eigenvalue weighted by Crippen LogP contribution is -2.41. The summed E-state index contributed by atoms with van der Waals surface area (Å²) in [6, 6.07) is 13.5. The number of carbonyl (C=O) groups is 1. The van der Waals surface area contributed by atoms with E-state index in [9.17, 15) is 4.79 Å². The normalized spacial score (nSPS) is 13.3. The van der Waals surface area contributed by atoms with Crippen LogP contribution in [0.5, 0.6) is 11.5 Å². The van der Waals surface area contributed by atoms with Gasteiger partial charge in [0.1, 0.15) is 17.3 Å². The van der Waals surface area contributed by atoms with Gasteiger partial charge in [-0.1, -0.05) is 12.1 Å². The van der Waals surface area contributed by atoms with Crippen molar-refractivity contribution in [2.24, 2.45) is 0 Å². The van der Waals surface area contributed by atoms with Crippen molar-refractivity contribution in [1.82, 2.24) is 25.5 Å². The number of benzene rings is 2. The van der Waals surface area contributed by atoms with Crippen molar-refractivity contribution in [1.29, 1.82) is 0 Å². The summed E-state index contributed by atoms with van der Waals surface area (Å²) in [6.45, 7) is 2.49. The Labute approximate surface area is 196 Å². The minimum absolute atomic E-state index is 0.0218. The van der Waals surface area contributed by atoms with Crippen molar-refractivity contribution in [2.75, 3.05) is 18.5 Å². The molecule has 2 aromatic carbocycles. The third-order valence-electron chi connectivity index (χ3n) is 5.67. The quantitative estimate of drug-likeness (QED) is 0.344. The minimum Gasteiger partial charge on any atom is -0.494 e. The zero-order valence-electron chi connectivity index (χ0n) is 18.9. The second-order valence-corrected chi connectivity index (χ2v) is 8.13. The highest BCUT2D eigenvalue weighted by Gasteiger charge is 2.19. The Balaban J connectivity index is 1.42. The summed E-state index contributed by atoms with van der Waals surface area (Å²) in [4.78, 5) is 21.7. The number of H-pyrrole nitrogens is 1. The molecule has 1 aliphatic rings.